The Morgan fingerprint density at radius 3 is 2.65 bits per heavy atom. The maximum atomic E-state index is 14.2. The lowest BCUT2D eigenvalue weighted by Crippen LogP contribution is -2.26. The quantitative estimate of drug-likeness (QED) is 0.854. The number of halogens is 1. The van der Waals surface area contributed by atoms with E-state index in [0.717, 1.165) is 25.7 Å². The van der Waals surface area contributed by atoms with E-state index < -0.39 is 0 Å². The molecule has 1 aliphatic rings. The van der Waals surface area contributed by atoms with Gasteiger partial charge in [-0.05, 0) is 37.2 Å². The van der Waals surface area contributed by atoms with Crippen molar-refractivity contribution in [3.05, 3.63) is 35.1 Å². The largest absolute Gasteiger partial charge is 0.389 e. The summed E-state index contributed by atoms with van der Waals surface area (Å²) in [6.45, 7) is 4.86. The molecule has 0 atom stereocenters. The fourth-order valence-corrected chi connectivity index (χ4v) is 2.79. The van der Waals surface area contributed by atoms with Crippen molar-refractivity contribution >= 4 is 17.2 Å². The first-order chi connectivity index (χ1) is 9.39. The Hall–Kier alpha value is -1.00. The Labute approximate surface area is 125 Å². The minimum atomic E-state index is -0.351. The van der Waals surface area contributed by atoms with Crippen LogP contribution in [0.25, 0.3) is 0 Å². The van der Waals surface area contributed by atoms with Crippen molar-refractivity contribution < 1.29 is 9.13 Å². The zero-order valence-corrected chi connectivity index (χ0v) is 12.9. The molecule has 0 spiro atoms. The molecule has 0 unspecified atom stereocenters. The Balaban J connectivity index is 1.95. The van der Waals surface area contributed by atoms with Crippen LogP contribution in [0.1, 0.15) is 50.7 Å². The average molecular weight is 295 g/mol. The van der Waals surface area contributed by atoms with E-state index in [0.29, 0.717) is 16.5 Å². The number of nitrogens with two attached hydrogens (primary N) is 1. The fourth-order valence-electron chi connectivity index (χ4n) is 2.63. The third-order valence-electron chi connectivity index (χ3n) is 4.10. The molecule has 2 nitrogen and oxygen atoms in total. The van der Waals surface area contributed by atoms with Gasteiger partial charge in [0, 0.05) is 11.1 Å². The highest BCUT2D eigenvalue weighted by atomic mass is 32.1. The van der Waals surface area contributed by atoms with Gasteiger partial charge < -0.3 is 10.5 Å². The zero-order valence-electron chi connectivity index (χ0n) is 12.1. The van der Waals surface area contributed by atoms with E-state index in [-0.39, 0.29) is 23.5 Å². The number of hydrogen-bond donors (Lipinski definition) is 1. The van der Waals surface area contributed by atoms with Crippen LogP contribution in [0, 0.1) is 11.2 Å². The highest BCUT2D eigenvalue weighted by molar-refractivity contribution is 7.80. The van der Waals surface area contributed by atoms with E-state index in [1.165, 1.54) is 0 Å². The van der Waals surface area contributed by atoms with E-state index in [1.54, 1.807) is 18.2 Å². The van der Waals surface area contributed by atoms with Gasteiger partial charge in [-0.25, -0.2) is 4.39 Å². The summed E-state index contributed by atoms with van der Waals surface area (Å²) in [5.41, 5.74) is 6.74. The summed E-state index contributed by atoms with van der Waals surface area (Å²) in [6, 6.07) is 5.09. The van der Waals surface area contributed by atoms with Crippen LogP contribution >= 0.6 is 12.2 Å². The smallest absolute Gasteiger partial charge is 0.138 e. The molecule has 1 saturated carbocycles. The van der Waals surface area contributed by atoms with Gasteiger partial charge in [0.1, 0.15) is 10.8 Å². The maximum absolute atomic E-state index is 14.2. The summed E-state index contributed by atoms with van der Waals surface area (Å²) in [6.07, 6.45) is 4.64. The Kier molecular flexibility index (Phi) is 4.76. The van der Waals surface area contributed by atoms with Gasteiger partial charge in [-0.2, -0.15) is 0 Å². The molecule has 20 heavy (non-hydrogen) atoms. The number of rotatable bonds is 4. The minimum Gasteiger partial charge on any atom is -0.389 e. The molecule has 0 bridgehead atoms. The third kappa shape index (κ3) is 3.76. The van der Waals surface area contributed by atoms with Gasteiger partial charge >= 0.3 is 0 Å². The van der Waals surface area contributed by atoms with Gasteiger partial charge in [0.2, 0.25) is 0 Å². The molecule has 2 N–H and O–H groups in total. The molecule has 0 saturated heterocycles. The second kappa shape index (κ2) is 6.19. The number of thiocarbonyl (C=S) groups is 1. The van der Waals surface area contributed by atoms with E-state index in [1.807, 2.05) is 0 Å². The van der Waals surface area contributed by atoms with Crippen molar-refractivity contribution in [3.63, 3.8) is 0 Å². The fraction of sp³-hybridized carbons (Fsp3) is 0.562. The monoisotopic (exact) mass is 295 g/mol. The number of benzene rings is 1. The maximum Gasteiger partial charge on any atom is 0.138 e. The number of ether oxygens (including phenoxy) is 1. The van der Waals surface area contributed by atoms with E-state index in [9.17, 15) is 4.39 Å². The highest BCUT2D eigenvalue weighted by Crippen LogP contribution is 2.36. The summed E-state index contributed by atoms with van der Waals surface area (Å²) < 4.78 is 20.0. The van der Waals surface area contributed by atoms with Crippen molar-refractivity contribution in [1.82, 2.24) is 0 Å². The molecule has 0 aliphatic heterocycles. The molecular formula is C16H22FNOS. The lowest BCUT2D eigenvalue weighted by molar-refractivity contribution is -0.00660. The van der Waals surface area contributed by atoms with Crippen LogP contribution < -0.4 is 5.73 Å². The Bertz CT molecular complexity index is 491. The standard InChI is InChI=1S/C16H22FNOS/c1-16(2)8-6-12(7-9-16)19-10-11-4-3-5-13(14(11)17)15(18)20/h3-5,12H,6-10H2,1-2H3,(H2,18,20). The summed E-state index contributed by atoms with van der Waals surface area (Å²) in [7, 11) is 0. The van der Waals surface area contributed by atoms with E-state index in [4.69, 9.17) is 22.7 Å². The first-order valence-corrected chi connectivity index (χ1v) is 7.49. The Morgan fingerprint density at radius 1 is 1.40 bits per heavy atom. The highest BCUT2D eigenvalue weighted by Gasteiger charge is 2.27. The summed E-state index contributed by atoms with van der Waals surface area (Å²) in [5.74, 6) is -0.351. The van der Waals surface area contributed by atoms with Crippen LogP contribution in [-0.4, -0.2) is 11.1 Å². The first kappa shape index (κ1) is 15.4. The molecule has 0 amide bonds. The molecule has 2 rings (SSSR count). The lowest BCUT2D eigenvalue weighted by atomic mass is 9.76. The van der Waals surface area contributed by atoms with Crippen LogP contribution in [0.2, 0.25) is 0 Å². The van der Waals surface area contributed by atoms with E-state index >= 15 is 0 Å². The van der Waals surface area contributed by atoms with Crippen LogP contribution in [-0.2, 0) is 11.3 Å². The van der Waals surface area contributed by atoms with Crippen molar-refractivity contribution in [3.8, 4) is 0 Å². The lowest BCUT2D eigenvalue weighted by Gasteiger charge is -2.34. The molecule has 4 heteroatoms. The second-order valence-electron chi connectivity index (χ2n) is 6.32. The topological polar surface area (TPSA) is 35.2 Å². The van der Waals surface area contributed by atoms with Gasteiger partial charge in [-0.1, -0.05) is 38.2 Å². The normalized spacial score (nSPS) is 18.9. The predicted molar refractivity (Wildman–Crippen MR) is 83.1 cm³/mol. The first-order valence-electron chi connectivity index (χ1n) is 7.08. The Morgan fingerprint density at radius 2 is 2.05 bits per heavy atom. The van der Waals surface area contributed by atoms with E-state index in [2.05, 4.69) is 13.8 Å². The molecule has 0 heterocycles. The van der Waals surface area contributed by atoms with Crippen LogP contribution in [0.4, 0.5) is 4.39 Å². The van der Waals surface area contributed by atoms with Crippen LogP contribution in [0.15, 0.2) is 18.2 Å². The van der Waals surface area contributed by atoms with Crippen molar-refractivity contribution in [2.24, 2.45) is 11.1 Å². The minimum absolute atomic E-state index is 0.0868. The van der Waals surface area contributed by atoms with Crippen molar-refractivity contribution in [1.29, 1.82) is 0 Å². The zero-order chi connectivity index (χ0) is 14.8. The van der Waals surface area contributed by atoms with Gasteiger partial charge in [0.15, 0.2) is 0 Å². The summed E-state index contributed by atoms with van der Waals surface area (Å²) >= 11 is 4.84. The molecule has 1 aliphatic carbocycles. The van der Waals surface area contributed by atoms with Crippen LogP contribution in [0.3, 0.4) is 0 Å². The third-order valence-corrected chi connectivity index (χ3v) is 4.32. The van der Waals surface area contributed by atoms with Crippen molar-refractivity contribution in [2.75, 3.05) is 0 Å². The van der Waals surface area contributed by atoms with Gasteiger partial charge in [-0.15, -0.1) is 0 Å². The summed E-state index contributed by atoms with van der Waals surface area (Å²) in [4.78, 5) is 0.0868. The van der Waals surface area contributed by atoms with Gasteiger partial charge in [-0.3, -0.25) is 0 Å². The molecule has 1 aromatic carbocycles. The molecular weight excluding hydrogens is 273 g/mol. The SMILES string of the molecule is CC1(C)CCC(OCc2cccc(C(N)=S)c2F)CC1. The molecule has 1 aromatic rings. The number of hydrogen-bond acceptors (Lipinski definition) is 2. The van der Waals surface area contributed by atoms with Crippen LogP contribution in [0.5, 0.6) is 0 Å². The van der Waals surface area contributed by atoms with Crippen molar-refractivity contribution in [2.45, 2.75) is 52.2 Å². The predicted octanol–water partition coefficient (Wildman–Crippen LogP) is 3.95. The molecule has 110 valence electrons. The average Bonchev–Trinajstić information content (AvgIpc) is 2.38. The molecule has 0 radical (unpaired) electrons. The van der Waals surface area contributed by atoms with Gasteiger partial charge in [0.25, 0.3) is 0 Å². The molecule has 0 aromatic heterocycles. The van der Waals surface area contributed by atoms with Gasteiger partial charge in [0.05, 0.1) is 12.7 Å². The summed E-state index contributed by atoms with van der Waals surface area (Å²) in [5, 5.41) is 0. The second-order valence-corrected chi connectivity index (χ2v) is 6.76. The molecule has 1 fully saturated rings.